The van der Waals surface area contributed by atoms with Crippen LogP contribution in [-0.2, 0) is 0 Å². The molecular formula is C10H12F3NO. The van der Waals surface area contributed by atoms with Crippen molar-refractivity contribution < 1.29 is 18.3 Å². The molecule has 0 fully saturated rings. The molecule has 0 aromatic heterocycles. The Balaban J connectivity index is 3.02. The summed E-state index contributed by atoms with van der Waals surface area (Å²) in [5.74, 6) is -4.03. The Morgan fingerprint density at radius 2 is 2.07 bits per heavy atom. The number of benzene rings is 1. The molecule has 0 bridgehead atoms. The molecule has 1 rings (SSSR count). The summed E-state index contributed by atoms with van der Waals surface area (Å²) >= 11 is 0. The van der Waals surface area contributed by atoms with Crippen molar-refractivity contribution in [1.82, 2.24) is 0 Å². The SMILES string of the molecule is Cc1ccc([C@@H](N)C(F)(F)CO)cc1F. The summed E-state index contributed by atoms with van der Waals surface area (Å²) in [7, 11) is 0. The summed E-state index contributed by atoms with van der Waals surface area (Å²) < 4.78 is 39.0. The highest BCUT2D eigenvalue weighted by Crippen LogP contribution is 2.29. The average Bonchev–Trinajstić information content (AvgIpc) is 2.21. The summed E-state index contributed by atoms with van der Waals surface area (Å²) in [6.45, 7) is 0.165. The maximum absolute atomic E-state index is 13.1. The maximum atomic E-state index is 13.1. The van der Waals surface area contributed by atoms with Gasteiger partial charge in [0.25, 0.3) is 5.92 Å². The highest BCUT2D eigenvalue weighted by Gasteiger charge is 2.37. The van der Waals surface area contributed by atoms with E-state index < -0.39 is 24.4 Å². The highest BCUT2D eigenvalue weighted by atomic mass is 19.3. The summed E-state index contributed by atoms with van der Waals surface area (Å²) in [6.07, 6.45) is 0. The molecule has 0 saturated heterocycles. The van der Waals surface area contributed by atoms with Gasteiger partial charge in [0.15, 0.2) is 0 Å². The van der Waals surface area contributed by atoms with E-state index in [0.717, 1.165) is 6.07 Å². The summed E-state index contributed by atoms with van der Waals surface area (Å²) in [5.41, 5.74) is 5.55. The molecule has 3 N–H and O–H groups in total. The minimum atomic E-state index is -3.44. The number of aliphatic hydroxyl groups is 1. The molecule has 2 nitrogen and oxygen atoms in total. The predicted molar refractivity (Wildman–Crippen MR) is 50.1 cm³/mol. The molecule has 0 aliphatic rings. The lowest BCUT2D eigenvalue weighted by atomic mass is 10.0. The molecule has 84 valence electrons. The third kappa shape index (κ3) is 2.49. The molecule has 0 spiro atoms. The van der Waals surface area contributed by atoms with Crippen molar-refractivity contribution in [1.29, 1.82) is 0 Å². The topological polar surface area (TPSA) is 46.2 Å². The second kappa shape index (κ2) is 4.20. The van der Waals surface area contributed by atoms with E-state index in [4.69, 9.17) is 10.8 Å². The molecule has 5 heteroatoms. The first-order valence-electron chi connectivity index (χ1n) is 4.39. The van der Waals surface area contributed by atoms with Gasteiger partial charge >= 0.3 is 0 Å². The van der Waals surface area contributed by atoms with E-state index in [1.807, 2.05) is 0 Å². The van der Waals surface area contributed by atoms with E-state index in [2.05, 4.69) is 0 Å². The van der Waals surface area contributed by atoms with Crippen LogP contribution in [0.1, 0.15) is 17.2 Å². The number of hydrogen-bond acceptors (Lipinski definition) is 2. The summed E-state index contributed by atoms with van der Waals surface area (Å²) in [4.78, 5) is 0. The third-order valence-electron chi connectivity index (χ3n) is 2.22. The highest BCUT2D eigenvalue weighted by molar-refractivity contribution is 5.26. The lowest BCUT2D eigenvalue weighted by molar-refractivity contribution is -0.0712. The van der Waals surface area contributed by atoms with Gasteiger partial charge in [-0.15, -0.1) is 0 Å². The van der Waals surface area contributed by atoms with Gasteiger partial charge in [0.2, 0.25) is 0 Å². The Bertz CT molecular complexity index is 355. The predicted octanol–water partition coefficient (Wildman–Crippen LogP) is 1.76. The smallest absolute Gasteiger partial charge is 0.289 e. The Morgan fingerprint density at radius 3 is 2.53 bits per heavy atom. The number of nitrogens with two attached hydrogens (primary N) is 1. The zero-order chi connectivity index (χ0) is 11.6. The van der Waals surface area contributed by atoms with Crippen molar-refractivity contribution in [3.05, 3.63) is 35.1 Å². The molecule has 1 aromatic carbocycles. The molecular weight excluding hydrogens is 207 g/mol. The van der Waals surface area contributed by atoms with Gasteiger partial charge in [-0.3, -0.25) is 0 Å². The van der Waals surface area contributed by atoms with Gasteiger partial charge < -0.3 is 10.8 Å². The zero-order valence-electron chi connectivity index (χ0n) is 8.17. The maximum Gasteiger partial charge on any atom is 0.289 e. The van der Waals surface area contributed by atoms with Crippen LogP contribution >= 0.6 is 0 Å². The molecule has 1 aromatic rings. The minimum Gasteiger partial charge on any atom is -0.390 e. The first-order chi connectivity index (χ1) is 6.88. The van der Waals surface area contributed by atoms with E-state index in [1.165, 1.54) is 19.1 Å². The lowest BCUT2D eigenvalue weighted by Crippen LogP contribution is -2.36. The first kappa shape index (κ1) is 12.0. The molecule has 0 aliphatic carbocycles. The number of rotatable bonds is 3. The van der Waals surface area contributed by atoms with E-state index in [9.17, 15) is 13.2 Å². The fraction of sp³-hybridized carbons (Fsp3) is 0.400. The number of halogens is 3. The van der Waals surface area contributed by atoms with Crippen molar-refractivity contribution in [2.24, 2.45) is 5.73 Å². The van der Waals surface area contributed by atoms with Gasteiger partial charge in [-0.2, -0.15) is 0 Å². The van der Waals surface area contributed by atoms with Crippen molar-refractivity contribution in [2.75, 3.05) is 6.61 Å². The number of hydrogen-bond donors (Lipinski definition) is 2. The van der Waals surface area contributed by atoms with Crippen LogP contribution in [0, 0.1) is 12.7 Å². The second-order valence-electron chi connectivity index (χ2n) is 3.41. The Labute approximate surface area is 85.5 Å². The monoisotopic (exact) mass is 219 g/mol. The van der Waals surface area contributed by atoms with Gasteiger partial charge in [-0.1, -0.05) is 12.1 Å². The van der Waals surface area contributed by atoms with Crippen LogP contribution in [0.4, 0.5) is 13.2 Å². The average molecular weight is 219 g/mol. The Morgan fingerprint density at radius 1 is 1.47 bits per heavy atom. The van der Waals surface area contributed by atoms with Crippen LogP contribution in [-0.4, -0.2) is 17.6 Å². The van der Waals surface area contributed by atoms with Crippen LogP contribution in [0.15, 0.2) is 18.2 Å². The van der Waals surface area contributed by atoms with Crippen LogP contribution in [0.2, 0.25) is 0 Å². The number of aryl methyl sites for hydroxylation is 1. The minimum absolute atomic E-state index is 0.0304. The summed E-state index contributed by atoms with van der Waals surface area (Å²) in [6, 6.07) is 1.96. The van der Waals surface area contributed by atoms with Gasteiger partial charge in [-0.25, -0.2) is 13.2 Å². The van der Waals surface area contributed by atoms with E-state index in [0.29, 0.717) is 5.56 Å². The van der Waals surface area contributed by atoms with Crippen molar-refractivity contribution in [3.8, 4) is 0 Å². The van der Waals surface area contributed by atoms with Crippen LogP contribution < -0.4 is 5.73 Å². The van der Waals surface area contributed by atoms with Gasteiger partial charge in [0.05, 0.1) is 6.04 Å². The fourth-order valence-corrected chi connectivity index (χ4v) is 1.14. The molecule has 0 amide bonds. The molecule has 0 heterocycles. The van der Waals surface area contributed by atoms with Gasteiger partial charge in [0.1, 0.15) is 12.4 Å². The molecule has 0 saturated carbocycles. The van der Waals surface area contributed by atoms with Gasteiger partial charge in [0, 0.05) is 0 Å². The Hall–Kier alpha value is -1.07. The molecule has 0 radical (unpaired) electrons. The van der Waals surface area contributed by atoms with Crippen LogP contribution in [0.25, 0.3) is 0 Å². The standard InChI is InChI=1S/C10H12F3NO/c1-6-2-3-7(4-8(6)11)9(14)10(12,13)5-15/h2-4,9,15H,5,14H2,1H3/t9-/m1/s1. The molecule has 0 aliphatic heterocycles. The number of aliphatic hydroxyl groups excluding tert-OH is 1. The van der Waals surface area contributed by atoms with Gasteiger partial charge in [-0.05, 0) is 24.1 Å². The molecule has 1 atom stereocenters. The normalized spacial score (nSPS) is 14.0. The van der Waals surface area contributed by atoms with Crippen molar-refractivity contribution in [2.45, 2.75) is 18.9 Å². The van der Waals surface area contributed by atoms with Crippen molar-refractivity contribution in [3.63, 3.8) is 0 Å². The third-order valence-corrected chi connectivity index (χ3v) is 2.22. The summed E-state index contributed by atoms with van der Waals surface area (Å²) in [5, 5.41) is 8.43. The Kier molecular flexibility index (Phi) is 3.36. The molecule has 15 heavy (non-hydrogen) atoms. The first-order valence-corrected chi connectivity index (χ1v) is 4.39. The van der Waals surface area contributed by atoms with Crippen LogP contribution in [0.5, 0.6) is 0 Å². The lowest BCUT2D eigenvalue weighted by Gasteiger charge is -2.21. The van der Waals surface area contributed by atoms with Crippen LogP contribution in [0.3, 0.4) is 0 Å². The van der Waals surface area contributed by atoms with E-state index >= 15 is 0 Å². The second-order valence-corrected chi connectivity index (χ2v) is 3.41. The largest absolute Gasteiger partial charge is 0.390 e. The van der Waals surface area contributed by atoms with Crippen molar-refractivity contribution >= 4 is 0 Å². The fourth-order valence-electron chi connectivity index (χ4n) is 1.14. The number of alkyl halides is 2. The quantitative estimate of drug-likeness (QED) is 0.813. The molecule has 0 unspecified atom stereocenters. The zero-order valence-corrected chi connectivity index (χ0v) is 8.17. The van der Waals surface area contributed by atoms with E-state index in [-0.39, 0.29) is 5.56 Å². The van der Waals surface area contributed by atoms with E-state index in [1.54, 1.807) is 0 Å².